The van der Waals surface area contributed by atoms with Gasteiger partial charge in [-0.15, -0.1) is 0 Å². The van der Waals surface area contributed by atoms with Crippen molar-refractivity contribution in [1.82, 2.24) is 0 Å². The van der Waals surface area contributed by atoms with E-state index in [1.54, 1.807) is 0 Å². The van der Waals surface area contributed by atoms with Gasteiger partial charge < -0.3 is 14.4 Å². The molecular formula is C18H23NO6. The minimum absolute atomic E-state index is 0.113. The molecule has 0 atom stereocenters. The first-order chi connectivity index (χ1) is 11.9. The molecule has 0 spiro atoms. The lowest BCUT2D eigenvalue weighted by atomic mass is 10.3. The van der Waals surface area contributed by atoms with E-state index in [0.29, 0.717) is 13.1 Å². The van der Waals surface area contributed by atoms with Crippen molar-refractivity contribution in [1.29, 1.82) is 0 Å². The molecule has 25 heavy (non-hydrogen) atoms. The summed E-state index contributed by atoms with van der Waals surface area (Å²) in [6, 6.07) is 9.38. The van der Waals surface area contributed by atoms with E-state index in [1.807, 2.05) is 35.2 Å². The average Bonchev–Trinajstić information content (AvgIpc) is 2.53. The lowest BCUT2D eigenvalue weighted by Crippen LogP contribution is -2.32. The molecule has 0 aromatic heterocycles. The van der Waals surface area contributed by atoms with Crippen molar-refractivity contribution in [3.63, 3.8) is 0 Å². The number of carbonyl (C=O) groups is 4. The molecule has 136 valence electrons. The molecule has 7 heteroatoms. The standard InChI is InChI=1S/C18H23NO6/c1-14(20)12-17(22)24-10-8-19(16-6-4-3-5-7-16)9-11-25-18(23)13-15(2)21/h3-7H,8-13H2,1-2H3. The number of ether oxygens (including phenoxy) is 2. The molecule has 0 aliphatic heterocycles. The molecule has 0 unspecified atom stereocenters. The zero-order chi connectivity index (χ0) is 18.7. The van der Waals surface area contributed by atoms with Gasteiger partial charge >= 0.3 is 11.9 Å². The van der Waals surface area contributed by atoms with Crippen molar-refractivity contribution in [3.05, 3.63) is 30.3 Å². The molecule has 1 aromatic rings. The van der Waals surface area contributed by atoms with E-state index in [2.05, 4.69) is 0 Å². The van der Waals surface area contributed by atoms with E-state index in [4.69, 9.17) is 9.47 Å². The number of rotatable bonds is 11. The van der Waals surface area contributed by atoms with Gasteiger partial charge in [-0.05, 0) is 26.0 Å². The fourth-order valence-electron chi connectivity index (χ4n) is 2.06. The molecule has 0 saturated heterocycles. The summed E-state index contributed by atoms with van der Waals surface area (Å²) in [5, 5.41) is 0. The third kappa shape index (κ3) is 9.24. The number of benzene rings is 1. The van der Waals surface area contributed by atoms with Crippen LogP contribution in [0.2, 0.25) is 0 Å². The maximum atomic E-state index is 11.4. The summed E-state index contributed by atoms with van der Waals surface area (Å²) >= 11 is 0. The smallest absolute Gasteiger partial charge is 0.313 e. The highest BCUT2D eigenvalue weighted by Crippen LogP contribution is 2.12. The quantitative estimate of drug-likeness (QED) is 0.442. The van der Waals surface area contributed by atoms with Crippen LogP contribution in [0.25, 0.3) is 0 Å². The predicted octanol–water partition coefficient (Wildman–Crippen LogP) is 1.54. The third-order valence-corrected chi connectivity index (χ3v) is 3.16. The third-order valence-electron chi connectivity index (χ3n) is 3.16. The number of esters is 2. The number of anilines is 1. The summed E-state index contributed by atoms with van der Waals surface area (Å²) in [5.41, 5.74) is 0.882. The summed E-state index contributed by atoms with van der Waals surface area (Å²) in [6.45, 7) is 3.65. The Bertz CT molecular complexity index is 565. The Kier molecular flexibility index (Phi) is 8.92. The first-order valence-electron chi connectivity index (χ1n) is 7.98. The second kappa shape index (κ2) is 11.0. The van der Waals surface area contributed by atoms with Crippen LogP contribution in [-0.2, 0) is 28.7 Å². The number of Topliss-reactive ketones (excluding diaryl/α,β-unsaturated/α-hetero) is 2. The van der Waals surface area contributed by atoms with Gasteiger partial charge in [0.2, 0.25) is 0 Å². The minimum atomic E-state index is -0.562. The van der Waals surface area contributed by atoms with Gasteiger partial charge in [-0.25, -0.2) is 0 Å². The molecule has 0 radical (unpaired) electrons. The van der Waals surface area contributed by atoms with Gasteiger partial charge in [0.1, 0.15) is 37.6 Å². The van der Waals surface area contributed by atoms with Gasteiger partial charge in [0.15, 0.2) is 0 Å². The number of hydrogen-bond acceptors (Lipinski definition) is 7. The summed E-state index contributed by atoms with van der Waals surface area (Å²) < 4.78 is 10.1. The summed E-state index contributed by atoms with van der Waals surface area (Å²) in [6.07, 6.45) is -0.484. The lowest BCUT2D eigenvalue weighted by Gasteiger charge is -2.24. The molecule has 0 N–H and O–H groups in total. The van der Waals surface area contributed by atoms with Crippen molar-refractivity contribution in [2.24, 2.45) is 0 Å². The monoisotopic (exact) mass is 349 g/mol. The van der Waals surface area contributed by atoms with Crippen LogP contribution in [0.15, 0.2) is 30.3 Å². The normalized spacial score (nSPS) is 10.0. The Morgan fingerprint density at radius 1 is 0.800 bits per heavy atom. The molecule has 0 heterocycles. The fraction of sp³-hybridized carbons (Fsp3) is 0.444. The van der Waals surface area contributed by atoms with E-state index < -0.39 is 11.9 Å². The first-order valence-corrected chi connectivity index (χ1v) is 7.98. The van der Waals surface area contributed by atoms with Crippen LogP contribution in [0.4, 0.5) is 5.69 Å². The average molecular weight is 349 g/mol. The minimum Gasteiger partial charge on any atom is -0.463 e. The highest BCUT2D eigenvalue weighted by Gasteiger charge is 2.11. The molecule has 7 nitrogen and oxygen atoms in total. The summed E-state index contributed by atoms with van der Waals surface area (Å²) in [4.78, 5) is 46.5. The van der Waals surface area contributed by atoms with E-state index in [-0.39, 0.29) is 37.6 Å². The lowest BCUT2D eigenvalue weighted by molar-refractivity contribution is -0.146. The molecule has 0 saturated carbocycles. The maximum Gasteiger partial charge on any atom is 0.313 e. The van der Waals surface area contributed by atoms with Crippen molar-refractivity contribution in [3.8, 4) is 0 Å². The maximum absolute atomic E-state index is 11.4. The van der Waals surface area contributed by atoms with Crippen molar-refractivity contribution in [2.45, 2.75) is 26.7 Å². The summed E-state index contributed by atoms with van der Waals surface area (Å²) in [5.74, 6) is -1.62. The van der Waals surface area contributed by atoms with E-state index in [9.17, 15) is 19.2 Å². The molecule has 1 aromatic carbocycles. The molecule has 0 bridgehead atoms. The Labute approximate surface area is 146 Å². The van der Waals surface area contributed by atoms with Crippen LogP contribution in [0.3, 0.4) is 0 Å². The Hall–Kier alpha value is -2.70. The van der Waals surface area contributed by atoms with E-state index >= 15 is 0 Å². The number of hydrogen-bond donors (Lipinski definition) is 0. The number of nitrogens with zero attached hydrogens (tertiary/aromatic N) is 1. The number of para-hydroxylation sites is 1. The van der Waals surface area contributed by atoms with Crippen LogP contribution in [0.1, 0.15) is 26.7 Å². The largest absolute Gasteiger partial charge is 0.463 e. The van der Waals surface area contributed by atoms with Gasteiger partial charge in [0.05, 0.1) is 13.1 Å². The van der Waals surface area contributed by atoms with Crippen LogP contribution >= 0.6 is 0 Å². The van der Waals surface area contributed by atoms with E-state index in [1.165, 1.54) is 13.8 Å². The number of carbonyl (C=O) groups excluding carboxylic acids is 4. The molecule has 0 amide bonds. The van der Waals surface area contributed by atoms with Crippen LogP contribution in [-0.4, -0.2) is 49.8 Å². The van der Waals surface area contributed by atoms with Crippen LogP contribution in [0.5, 0.6) is 0 Å². The highest BCUT2D eigenvalue weighted by molar-refractivity contribution is 5.94. The zero-order valence-corrected chi connectivity index (χ0v) is 14.5. The first kappa shape index (κ1) is 20.3. The predicted molar refractivity (Wildman–Crippen MR) is 91.2 cm³/mol. The van der Waals surface area contributed by atoms with Crippen molar-refractivity contribution in [2.75, 3.05) is 31.2 Å². The van der Waals surface area contributed by atoms with Gasteiger partial charge in [0, 0.05) is 5.69 Å². The Morgan fingerprint density at radius 3 is 1.64 bits per heavy atom. The summed E-state index contributed by atoms with van der Waals surface area (Å²) in [7, 11) is 0. The molecule has 1 rings (SSSR count). The molecular weight excluding hydrogens is 326 g/mol. The second-order valence-electron chi connectivity index (χ2n) is 5.52. The van der Waals surface area contributed by atoms with Crippen molar-refractivity contribution >= 4 is 29.2 Å². The van der Waals surface area contributed by atoms with Gasteiger partial charge in [-0.3, -0.25) is 19.2 Å². The fourth-order valence-corrected chi connectivity index (χ4v) is 2.06. The molecule has 0 fully saturated rings. The van der Waals surface area contributed by atoms with Gasteiger partial charge in [0.25, 0.3) is 0 Å². The zero-order valence-electron chi connectivity index (χ0n) is 14.5. The van der Waals surface area contributed by atoms with Crippen LogP contribution in [0, 0.1) is 0 Å². The molecule has 0 aliphatic carbocycles. The second-order valence-corrected chi connectivity index (χ2v) is 5.52. The Balaban J connectivity index is 2.50. The number of ketones is 2. The van der Waals surface area contributed by atoms with Gasteiger partial charge in [-0.1, -0.05) is 18.2 Å². The Morgan fingerprint density at radius 2 is 1.24 bits per heavy atom. The molecule has 0 aliphatic rings. The van der Waals surface area contributed by atoms with Crippen molar-refractivity contribution < 1.29 is 28.7 Å². The van der Waals surface area contributed by atoms with Gasteiger partial charge in [-0.2, -0.15) is 0 Å². The highest BCUT2D eigenvalue weighted by atomic mass is 16.5. The SMILES string of the molecule is CC(=O)CC(=O)OCCN(CCOC(=O)CC(C)=O)c1ccccc1. The van der Waals surface area contributed by atoms with Crippen LogP contribution < -0.4 is 4.90 Å². The van der Waals surface area contributed by atoms with E-state index in [0.717, 1.165) is 5.69 Å². The topological polar surface area (TPSA) is 90.0 Å².